The van der Waals surface area contributed by atoms with Crippen molar-refractivity contribution in [3.05, 3.63) is 42.0 Å². The lowest BCUT2D eigenvalue weighted by Gasteiger charge is -2.35. The zero-order valence-corrected chi connectivity index (χ0v) is 18.6. The van der Waals surface area contributed by atoms with Crippen molar-refractivity contribution in [1.82, 2.24) is 10.2 Å². The van der Waals surface area contributed by atoms with E-state index in [2.05, 4.69) is 21.2 Å². The van der Waals surface area contributed by atoms with Gasteiger partial charge in [-0.05, 0) is 18.2 Å². The molecule has 0 spiro atoms. The number of methoxy groups -OCH3 is 4. The Kier molecular flexibility index (Phi) is 7.83. The number of nitrogens with zero attached hydrogens (tertiary/aromatic N) is 2. The first kappa shape index (κ1) is 22.6. The van der Waals surface area contributed by atoms with E-state index < -0.39 is 0 Å². The van der Waals surface area contributed by atoms with Gasteiger partial charge in [0.2, 0.25) is 5.91 Å². The summed E-state index contributed by atoms with van der Waals surface area (Å²) in [6.07, 6.45) is 0. The SMILES string of the molecule is COc1cccc(N2CCN(CC(=O)NCc3cc(OC)c(OC)cc3OC)CC2)c1. The summed E-state index contributed by atoms with van der Waals surface area (Å²) in [5.41, 5.74) is 1.97. The summed E-state index contributed by atoms with van der Waals surface area (Å²) in [6.45, 7) is 4.09. The van der Waals surface area contributed by atoms with E-state index in [1.807, 2.05) is 24.3 Å². The van der Waals surface area contributed by atoms with E-state index in [0.29, 0.717) is 30.3 Å². The normalized spacial score (nSPS) is 14.1. The maximum atomic E-state index is 12.5. The zero-order valence-electron chi connectivity index (χ0n) is 18.6. The molecule has 1 saturated heterocycles. The van der Waals surface area contributed by atoms with E-state index in [9.17, 15) is 4.79 Å². The number of amides is 1. The minimum Gasteiger partial charge on any atom is -0.497 e. The molecule has 1 N–H and O–H groups in total. The molecular weight excluding hydrogens is 398 g/mol. The minimum atomic E-state index is -0.0216. The van der Waals surface area contributed by atoms with Crippen LogP contribution in [0, 0.1) is 0 Å². The maximum absolute atomic E-state index is 12.5. The van der Waals surface area contributed by atoms with Gasteiger partial charge < -0.3 is 29.2 Å². The monoisotopic (exact) mass is 429 g/mol. The molecule has 3 rings (SSSR count). The summed E-state index contributed by atoms with van der Waals surface area (Å²) < 4.78 is 21.4. The highest BCUT2D eigenvalue weighted by Crippen LogP contribution is 2.34. The van der Waals surface area contributed by atoms with E-state index >= 15 is 0 Å². The Morgan fingerprint density at radius 1 is 0.871 bits per heavy atom. The van der Waals surface area contributed by atoms with Gasteiger partial charge in [0.1, 0.15) is 11.5 Å². The fraction of sp³-hybridized carbons (Fsp3) is 0.435. The molecule has 2 aromatic carbocycles. The number of hydrogen-bond donors (Lipinski definition) is 1. The van der Waals surface area contributed by atoms with Gasteiger partial charge >= 0.3 is 0 Å². The number of anilines is 1. The second-order valence-electron chi connectivity index (χ2n) is 7.26. The molecule has 0 aliphatic carbocycles. The lowest BCUT2D eigenvalue weighted by atomic mass is 10.1. The van der Waals surface area contributed by atoms with Gasteiger partial charge in [-0.15, -0.1) is 0 Å². The Balaban J connectivity index is 1.51. The van der Waals surface area contributed by atoms with E-state index in [1.54, 1.807) is 34.5 Å². The molecule has 2 aromatic rings. The number of hydrogen-bond acceptors (Lipinski definition) is 7. The van der Waals surface area contributed by atoms with Gasteiger partial charge in [0, 0.05) is 56.1 Å². The average molecular weight is 430 g/mol. The average Bonchev–Trinajstić information content (AvgIpc) is 2.82. The van der Waals surface area contributed by atoms with E-state index in [-0.39, 0.29) is 5.91 Å². The standard InChI is InChI=1S/C23H31N3O5/c1-28-19-7-5-6-18(13-19)26-10-8-25(9-11-26)16-23(27)24-15-17-12-21(30-3)22(31-4)14-20(17)29-2/h5-7,12-14H,8-11,15-16H2,1-4H3,(H,24,27). The van der Waals surface area contributed by atoms with Crippen molar-refractivity contribution < 1.29 is 23.7 Å². The van der Waals surface area contributed by atoms with Gasteiger partial charge in [-0.1, -0.05) is 6.07 Å². The van der Waals surface area contributed by atoms with Crippen molar-refractivity contribution in [2.75, 3.05) is 66.1 Å². The van der Waals surface area contributed by atoms with Gasteiger partial charge in [-0.3, -0.25) is 9.69 Å². The fourth-order valence-electron chi connectivity index (χ4n) is 3.65. The summed E-state index contributed by atoms with van der Waals surface area (Å²) in [5.74, 6) is 2.66. The van der Waals surface area contributed by atoms with Crippen LogP contribution in [-0.2, 0) is 11.3 Å². The first-order valence-corrected chi connectivity index (χ1v) is 10.2. The van der Waals surface area contributed by atoms with Crippen LogP contribution in [0.5, 0.6) is 23.0 Å². The maximum Gasteiger partial charge on any atom is 0.234 e. The Morgan fingerprint density at radius 2 is 1.55 bits per heavy atom. The lowest BCUT2D eigenvalue weighted by molar-refractivity contribution is -0.122. The van der Waals surface area contributed by atoms with Crippen LogP contribution < -0.4 is 29.2 Å². The third-order valence-corrected chi connectivity index (χ3v) is 5.42. The largest absolute Gasteiger partial charge is 0.497 e. The second-order valence-corrected chi connectivity index (χ2v) is 7.26. The molecule has 0 bridgehead atoms. The molecule has 1 aliphatic heterocycles. The third-order valence-electron chi connectivity index (χ3n) is 5.42. The molecular formula is C23H31N3O5. The van der Waals surface area contributed by atoms with Gasteiger partial charge in [0.05, 0.1) is 35.0 Å². The molecule has 0 saturated carbocycles. The van der Waals surface area contributed by atoms with Gasteiger partial charge in [0.25, 0.3) is 0 Å². The predicted octanol–water partition coefficient (Wildman–Crippen LogP) is 2.16. The highest BCUT2D eigenvalue weighted by molar-refractivity contribution is 5.78. The minimum absolute atomic E-state index is 0.0216. The summed E-state index contributed by atoms with van der Waals surface area (Å²) in [5, 5.41) is 2.98. The molecule has 1 fully saturated rings. The highest BCUT2D eigenvalue weighted by atomic mass is 16.5. The molecule has 31 heavy (non-hydrogen) atoms. The van der Waals surface area contributed by atoms with E-state index in [4.69, 9.17) is 18.9 Å². The summed E-state index contributed by atoms with van der Waals surface area (Å²) in [6, 6.07) is 11.6. The zero-order chi connectivity index (χ0) is 22.2. The van der Waals surface area contributed by atoms with Gasteiger partial charge in [-0.25, -0.2) is 0 Å². The van der Waals surface area contributed by atoms with Crippen LogP contribution in [0.2, 0.25) is 0 Å². The van der Waals surface area contributed by atoms with Crippen molar-refractivity contribution in [3.8, 4) is 23.0 Å². The molecule has 1 aliphatic rings. The van der Waals surface area contributed by atoms with Crippen LogP contribution in [-0.4, -0.2) is 72.0 Å². The number of piperazine rings is 1. The molecule has 0 radical (unpaired) electrons. The number of benzene rings is 2. The molecule has 0 aromatic heterocycles. The molecule has 0 unspecified atom stereocenters. The van der Waals surface area contributed by atoms with Gasteiger partial charge in [0.15, 0.2) is 11.5 Å². The van der Waals surface area contributed by atoms with Crippen LogP contribution in [0.4, 0.5) is 5.69 Å². The van der Waals surface area contributed by atoms with Crippen molar-refractivity contribution in [2.45, 2.75) is 6.54 Å². The third kappa shape index (κ3) is 5.73. The topological polar surface area (TPSA) is 72.5 Å². The highest BCUT2D eigenvalue weighted by Gasteiger charge is 2.20. The van der Waals surface area contributed by atoms with E-state index in [0.717, 1.165) is 43.2 Å². The Morgan fingerprint density at radius 3 is 2.19 bits per heavy atom. The first-order valence-electron chi connectivity index (χ1n) is 10.2. The van der Waals surface area contributed by atoms with Crippen LogP contribution in [0.3, 0.4) is 0 Å². The predicted molar refractivity (Wildman–Crippen MR) is 120 cm³/mol. The molecule has 8 nitrogen and oxygen atoms in total. The van der Waals surface area contributed by atoms with Crippen LogP contribution >= 0.6 is 0 Å². The Hall–Kier alpha value is -3.13. The summed E-state index contributed by atoms with van der Waals surface area (Å²) in [4.78, 5) is 17.0. The number of rotatable bonds is 9. The smallest absolute Gasteiger partial charge is 0.234 e. The molecule has 8 heteroatoms. The fourth-order valence-corrected chi connectivity index (χ4v) is 3.65. The molecule has 0 atom stereocenters. The lowest BCUT2D eigenvalue weighted by Crippen LogP contribution is -2.49. The Bertz CT molecular complexity index is 882. The van der Waals surface area contributed by atoms with Crippen molar-refractivity contribution >= 4 is 11.6 Å². The van der Waals surface area contributed by atoms with E-state index in [1.165, 1.54) is 0 Å². The quantitative estimate of drug-likeness (QED) is 0.655. The van der Waals surface area contributed by atoms with Crippen molar-refractivity contribution in [3.63, 3.8) is 0 Å². The number of ether oxygens (including phenoxy) is 4. The van der Waals surface area contributed by atoms with Crippen molar-refractivity contribution in [2.24, 2.45) is 0 Å². The Labute approximate surface area is 183 Å². The van der Waals surface area contributed by atoms with Crippen LogP contribution in [0.1, 0.15) is 5.56 Å². The van der Waals surface area contributed by atoms with Gasteiger partial charge in [-0.2, -0.15) is 0 Å². The number of nitrogens with one attached hydrogen (secondary N) is 1. The second kappa shape index (κ2) is 10.8. The van der Waals surface area contributed by atoms with Crippen LogP contribution in [0.25, 0.3) is 0 Å². The van der Waals surface area contributed by atoms with Crippen molar-refractivity contribution in [1.29, 1.82) is 0 Å². The summed E-state index contributed by atoms with van der Waals surface area (Å²) >= 11 is 0. The molecule has 1 heterocycles. The van der Waals surface area contributed by atoms with Crippen LogP contribution in [0.15, 0.2) is 36.4 Å². The summed E-state index contributed by atoms with van der Waals surface area (Å²) in [7, 11) is 6.42. The first-order chi connectivity index (χ1) is 15.1. The molecule has 1 amide bonds. The molecule has 168 valence electrons. The number of carbonyl (C=O) groups excluding carboxylic acids is 1. The number of carbonyl (C=O) groups is 1.